The number of amides is 1. The van der Waals surface area contributed by atoms with Gasteiger partial charge in [0, 0.05) is 17.0 Å². The SMILES string of the molecule is Nc1nc2c(c(=O)n1C(c1ccccc1)c1ccc(F)cc1)CCN(C(=O)Oc1ccc(SC(F)(F)F)cc1)C2. The van der Waals surface area contributed by atoms with E-state index < -0.39 is 23.5 Å². The van der Waals surface area contributed by atoms with Gasteiger partial charge in [0.1, 0.15) is 11.6 Å². The predicted molar refractivity (Wildman–Crippen MR) is 141 cm³/mol. The summed E-state index contributed by atoms with van der Waals surface area (Å²) in [6.07, 6.45) is -0.553. The second-order valence-electron chi connectivity index (χ2n) is 8.99. The van der Waals surface area contributed by atoms with E-state index in [2.05, 4.69) is 4.98 Å². The van der Waals surface area contributed by atoms with E-state index in [4.69, 9.17) is 10.5 Å². The van der Waals surface area contributed by atoms with Crippen molar-refractivity contribution in [3.05, 3.63) is 117 Å². The number of ether oxygens (including phenoxy) is 1. The molecule has 0 saturated heterocycles. The van der Waals surface area contributed by atoms with Crippen molar-refractivity contribution in [2.24, 2.45) is 0 Å². The highest BCUT2D eigenvalue weighted by Gasteiger charge is 2.31. The number of aromatic nitrogens is 2. The van der Waals surface area contributed by atoms with Crippen molar-refractivity contribution in [3.8, 4) is 5.75 Å². The Labute approximate surface area is 230 Å². The molecule has 1 atom stereocenters. The van der Waals surface area contributed by atoms with Crippen LogP contribution < -0.4 is 16.0 Å². The van der Waals surface area contributed by atoms with E-state index in [0.717, 1.165) is 5.56 Å². The van der Waals surface area contributed by atoms with Gasteiger partial charge in [-0.15, -0.1) is 0 Å². The lowest BCUT2D eigenvalue weighted by Gasteiger charge is -2.29. The second kappa shape index (κ2) is 11.0. The maximum Gasteiger partial charge on any atom is 0.446 e. The van der Waals surface area contributed by atoms with Gasteiger partial charge in [-0.3, -0.25) is 9.36 Å². The third-order valence-electron chi connectivity index (χ3n) is 6.37. The first-order valence-corrected chi connectivity index (χ1v) is 12.9. The summed E-state index contributed by atoms with van der Waals surface area (Å²) in [5, 5.41) is 0. The van der Waals surface area contributed by atoms with Gasteiger partial charge < -0.3 is 15.4 Å². The number of carbonyl (C=O) groups is 1. The predicted octanol–water partition coefficient (Wildman–Crippen LogP) is 5.77. The first-order chi connectivity index (χ1) is 19.1. The molecule has 1 aliphatic rings. The number of thioether (sulfide) groups is 1. The van der Waals surface area contributed by atoms with Crippen molar-refractivity contribution in [3.63, 3.8) is 0 Å². The standard InChI is InChI=1S/C28H22F4N4O3S/c29-19-8-6-18(7-9-19)24(17-4-2-1-3-5-17)36-25(37)22-14-15-35(16-23(22)34-26(36)33)27(38)39-20-10-12-21(13-11-20)40-28(30,31)32/h1-13,24H,14-16H2,(H2,33,34). The number of alkyl halides is 3. The second-order valence-corrected chi connectivity index (χ2v) is 10.1. The molecule has 12 heteroatoms. The van der Waals surface area contributed by atoms with Crippen LogP contribution in [0.25, 0.3) is 0 Å². The summed E-state index contributed by atoms with van der Waals surface area (Å²) in [4.78, 5) is 32.3. The molecule has 0 radical (unpaired) electrons. The minimum absolute atomic E-state index is 0.0374. The molecule has 7 nitrogen and oxygen atoms in total. The number of nitrogens with two attached hydrogens (primary N) is 1. The Bertz CT molecular complexity index is 1580. The number of carbonyl (C=O) groups excluding carboxylic acids is 1. The number of benzene rings is 3. The molecule has 40 heavy (non-hydrogen) atoms. The molecule has 1 aromatic heterocycles. The van der Waals surface area contributed by atoms with E-state index in [-0.39, 0.29) is 53.4 Å². The van der Waals surface area contributed by atoms with Crippen LogP contribution in [-0.2, 0) is 13.0 Å². The topological polar surface area (TPSA) is 90.5 Å². The monoisotopic (exact) mass is 570 g/mol. The van der Waals surface area contributed by atoms with Crippen LogP contribution in [0, 0.1) is 5.82 Å². The molecule has 1 amide bonds. The average molecular weight is 571 g/mol. The van der Waals surface area contributed by atoms with Crippen molar-refractivity contribution < 1.29 is 27.1 Å². The van der Waals surface area contributed by atoms with Gasteiger partial charge in [0.2, 0.25) is 5.95 Å². The van der Waals surface area contributed by atoms with Crippen LogP contribution in [0.15, 0.2) is 88.6 Å². The van der Waals surface area contributed by atoms with Gasteiger partial charge in [0.05, 0.1) is 18.3 Å². The lowest BCUT2D eigenvalue weighted by molar-refractivity contribution is -0.0328. The number of nitrogens with zero attached hydrogens (tertiary/aromatic N) is 3. The Balaban J connectivity index is 1.39. The normalized spacial score (nSPS) is 13.9. The minimum Gasteiger partial charge on any atom is -0.410 e. The molecule has 5 rings (SSSR count). The maximum absolute atomic E-state index is 13.7. The van der Waals surface area contributed by atoms with Crippen molar-refractivity contribution in [1.82, 2.24) is 14.5 Å². The smallest absolute Gasteiger partial charge is 0.410 e. The van der Waals surface area contributed by atoms with Crippen LogP contribution in [0.2, 0.25) is 0 Å². The van der Waals surface area contributed by atoms with E-state index in [0.29, 0.717) is 16.8 Å². The summed E-state index contributed by atoms with van der Waals surface area (Å²) in [5.74, 6) is -0.410. The first kappa shape index (κ1) is 27.3. The van der Waals surface area contributed by atoms with Gasteiger partial charge in [-0.2, -0.15) is 13.2 Å². The zero-order valence-electron chi connectivity index (χ0n) is 20.8. The van der Waals surface area contributed by atoms with Crippen LogP contribution in [0.5, 0.6) is 5.75 Å². The zero-order chi connectivity index (χ0) is 28.4. The van der Waals surface area contributed by atoms with E-state index >= 15 is 0 Å². The number of anilines is 1. The average Bonchev–Trinajstić information content (AvgIpc) is 2.92. The van der Waals surface area contributed by atoms with Crippen LogP contribution >= 0.6 is 11.8 Å². The van der Waals surface area contributed by atoms with E-state index in [1.54, 1.807) is 12.1 Å². The number of fused-ring (bicyclic) bond motifs is 1. The molecule has 1 aliphatic heterocycles. The molecule has 0 spiro atoms. The van der Waals surface area contributed by atoms with Crippen LogP contribution in [0.4, 0.5) is 28.3 Å². The molecule has 2 heterocycles. The molecule has 4 aromatic rings. The maximum atomic E-state index is 13.7. The fourth-order valence-electron chi connectivity index (χ4n) is 4.57. The molecular formula is C28H22F4N4O3S. The summed E-state index contributed by atoms with van der Waals surface area (Å²) in [6.45, 7) is 0.115. The third-order valence-corrected chi connectivity index (χ3v) is 7.11. The van der Waals surface area contributed by atoms with Gasteiger partial charge in [-0.1, -0.05) is 42.5 Å². The fraction of sp³-hybridized carbons (Fsp3) is 0.179. The van der Waals surface area contributed by atoms with Crippen LogP contribution in [-0.4, -0.2) is 32.6 Å². The molecular weight excluding hydrogens is 548 g/mol. The molecule has 3 aromatic carbocycles. The van der Waals surface area contributed by atoms with Crippen LogP contribution in [0.1, 0.15) is 28.4 Å². The molecule has 2 N–H and O–H groups in total. The largest absolute Gasteiger partial charge is 0.446 e. The van der Waals surface area contributed by atoms with Gasteiger partial charge in [0.25, 0.3) is 5.56 Å². The van der Waals surface area contributed by atoms with E-state index in [1.807, 2.05) is 30.3 Å². The highest BCUT2D eigenvalue weighted by molar-refractivity contribution is 8.00. The molecule has 1 unspecified atom stereocenters. The Morgan fingerprint density at radius 2 is 1.62 bits per heavy atom. The van der Waals surface area contributed by atoms with Crippen molar-refractivity contribution in [2.75, 3.05) is 12.3 Å². The summed E-state index contributed by atoms with van der Waals surface area (Å²) < 4.78 is 58.0. The Morgan fingerprint density at radius 3 is 2.27 bits per heavy atom. The lowest BCUT2D eigenvalue weighted by Crippen LogP contribution is -2.43. The van der Waals surface area contributed by atoms with Crippen LogP contribution in [0.3, 0.4) is 0 Å². The Morgan fingerprint density at radius 1 is 0.975 bits per heavy atom. The number of rotatable bonds is 5. The fourth-order valence-corrected chi connectivity index (χ4v) is 5.11. The third kappa shape index (κ3) is 5.96. The van der Waals surface area contributed by atoms with E-state index in [1.165, 1.54) is 45.9 Å². The summed E-state index contributed by atoms with van der Waals surface area (Å²) in [6, 6.07) is 19.3. The molecule has 0 bridgehead atoms. The zero-order valence-corrected chi connectivity index (χ0v) is 21.6. The van der Waals surface area contributed by atoms with Crippen molar-refractivity contribution in [2.45, 2.75) is 29.4 Å². The van der Waals surface area contributed by atoms with Gasteiger partial charge in [-0.25, -0.2) is 14.2 Å². The highest BCUT2D eigenvalue weighted by Crippen LogP contribution is 2.37. The van der Waals surface area contributed by atoms with Gasteiger partial charge in [0.15, 0.2) is 0 Å². The molecule has 0 aliphatic carbocycles. The summed E-state index contributed by atoms with van der Waals surface area (Å²) in [7, 11) is 0. The number of hydrogen-bond donors (Lipinski definition) is 1. The van der Waals surface area contributed by atoms with Crippen molar-refractivity contribution >= 4 is 23.8 Å². The van der Waals surface area contributed by atoms with Gasteiger partial charge >= 0.3 is 11.6 Å². The Kier molecular flexibility index (Phi) is 7.53. The lowest BCUT2D eigenvalue weighted by atomic mass is 9.97. The first-order valence-electron chi connectivity index (χ1n) is 12.1. The minimum atomic E-state index is -4.42. The molecule has 206 valence electrons. The number of hydrogen-bond acceptors (Lipinski definition) is 6. The summed E-state index contributed by atoms with van der Waals surface area (Å²) in [5.41, 5.74) is 3.64. The van der Waals surface area contributed by atoms with E-state index in [9.17, 15) is 27.2 Å². The highest BCUT2D eigenvalue weighted by atomic mass is 32.2. The summed E-state index contributed by atoms with van der Waals surface area (Å²) >= 11 is -0.267. The quantitative estimate of drug-likeness (QED) is 0.242. The number of halogens is 4. The van der Waals surface area contributed by atoms with Crippen molar-refractivity contribution in [1.29, 1.82) is 0 Å². The number of nitrogen functional groups attached to an aromatic ring is 1. The molecule has 0 saturated carbocycles. The molecule has 0 fully saturated rings. The van der Waals surface area contributed by atoms with Gasteiger partial charge in [-0.05, 0) is 65.7 Å². The Hall–Kier alpha value is -4.32.